The highest BCUT2D eigenvalue weighted by Gasteiger charge is 2.34. The van der Waals surface area contributed by atoms with E-state index in [4.69, 9.17) is 0 Å². The second kappa shape index (κ2) is 7.56. The number of nitrogens with one attached hydrogen (secondary N) is 1. The molecule has 1 N–H and O–H groups in total. The van der Waals surface area contributed by atoms with Gasteiger partial charge in [0.15, 0.2) is 11.0 Å². The second-order valence-electron chi connectivity index (χ2n) is 7.40. The van der Waals surface area contributed by atoms with Gasteiger partial charge >= 0.3 is 0 Å². The van der Waals surface area contributed by atoms with E-state index in [2.05, 4.69) is 25.1 Å². The largest absolute Gasteiger partial charge is 0.323 e. The van der Waals surface area contributed by atoms with Crippen LogP contribution >= 0.6 is 11.8 Å². The van der Waals surface area contributed by atoms with E-state index < -0.39 is 5.25 Å². The van der Waals surface area contributed by atoms with Crippen molar-refractivity contribution in [3.63, 3.8) is 0 Å². The van der Waals surface area contributed by atoms with Crippen molar-refractivity contribution in [2.45, 2.75) is 36.2 Å². The Hall–Kier alpha value is -3.20. The SMILES string of the molecule is CC(Sc1nnc(-c2cccnc2)n1C1CC1)C(=O)N1CC(=O)Nc2ccccc21. The van der Waals surface area contributed by atoms with Crippen LogP contribution in [0.25, 0.3) is 11.4 Å². The van der Waals surface area contributed by atoms with Crippen molar-refractivity contribution in [2.75, 3.05) is 16.8 Å². The van der Waals surface area contributed by atoms with Crippen molar-refractivity contribution in [3.8, 4) is 11.4 Å². The highest BCUT2D eigenvalue weighted by atomic mass is 32.2. The maximum absolute atomic E-state index is 13.2. The van der Waals surface area contributed by atoms with Gasteiger partial charge in [0, 0.05) is 24.0 Å². The highest BCUT2D eigenvalue weighted by Crippen LogP contribution is 2.42. The first-order valence-corrected chi connectivity index (χ1v) is 10.7. The summed E-state index contributed by atoms with van der Waals surface area (Å²) < 4.78 is 2.11. The lowest BCUT2D eigenvalue weighted by atomic mass is 10.2. The lowest BCUT2D eigenvalue weighted by molar-refractivity contribution is -0.121. The molecule has 1 unspecified atom stereocenters. The third-order valence-electron chi connectivity index (χ3n) is 5.16. The highest BCUT2D eigenvalue weighted by molar-refractivity contribution is 8.00. The molecule has 8 nitrogen and oxygen atoms in total. The van der Waals surface area contributed by atoms with Gasteiger partial charge in [-0.3, -0.25) is 24.0 Å². The van der Waals surface area contributed by atoms with Crippen molar-refractivity contribution in [1.29, 1.82) is 0 Å². The molecule has 1 fully saturated rings. The van der Waals surface area contributed by atoms with Crippen LogP contribution in [-0.2, 0) is 9.59 Å². The molecule has 0 spiro atoms. The molecule has 2 amide bonds. The average Bonchev–Trinajstić information content (AvgIpc) is 3.53. The predicted octanol–water partition coefficient (Wildman–Crippen LogP) is 3.14. The fraction of sp³-hybridized carbons (Fsp3) is 0.286. The number of carbonyl (C=O) groups excluding carboxylic acids is 2. The van der Waals surface area contributed by atoms with Crippen molar-refractivity contribution < 1.29 is 9.59 Å². The second-order valence-corrected chi connectivity index (χ2v) is 8.71. The minimum atomic E-state index is -0.424. The molecular weight excluding hydrogens is 400 g/mol. The van der Waals surface area contributed by atoms with Gasteiger partial charge in [0.1, 0.15) is 6.54 Å². The number of para-hydroxylation sites is 2. The lowest BCUT2D eigenvalue weighted by Gasteiger charge is -2.30. The number of carbonyl (C=O) groups is 2. The van der Waals surface area contributed by atoms with Gasteiger partial charge in [-0.1, -0.05) is 23.9 Å². The number of thioether (sulfide) groups is 1. The number of nitrogens with zero attached hydrogens (tertiary/aromatic N) is 5. The Kier molecular flexibility index (Phi) is 4.74. The van der Waals surface area contributed by atoms with Gasteiger partial charge in [-0.05, 0) is 44.0 Å². The lowest BCUT2D eigenvalue weighted by Crippen LogP contribution is -2.45. The van der Waals surface area contributed by atoms with Crippen LogP contribution < -0.4 is 10.2 Å². The number of pyridine rings is 1. The normalized spacial score (nSPS) is 16.7. The molecule has 1 atom stereocenters. The van der Waals surface area contributed by atoms with Crippen molar-refractivity contribution in [2.24, 2.45) is 0 Å². The molecule has 2 aromatic heterocycles. The van der Waals surface area contributed by atoms with Crippen LogP contribution in [0.5, 0.6) is 0 Å². The fourth-order valence-electron chi connectivity index (χ4n) is 3.57. The minimum Gasteiger partial charge on any atom is -0.323 e. The van der Waals surface area contributed by atoms with Crippen molar-refractivity contribution >= 4 is 35.0 Å². The zero-order valence-corrected chi connectivity index (χ0v) is 17.2. The summed E-state index contributed by atoms with van der Waals surface area (Å²) in [6.45, 7) is 1.86. The third-order valence-corrected chi connectivity index (χ3v) is 6.21. The number of benzene rings is 1. The standard InChI is InChI=1S/C21H20N6O2S/c1-13(20(29)26-12-18(28)23-16-6-2-3-7-17(16)26)30-21-25-24-19(27(21)15-8-9-15)14-5-4-10-22-11-14/h2-7,10-11,13,15H,8-9,12H2,1H3,(H,23,28). The Morgan fingerprint density at radius 1 is 1.20 bits per heavy atom. The quantitative estimate of drug-likeness (QED) is 0.638. The van der Waals surface area contributed by atoms with E-state index in [9.17, 15) is 9.59 Å². The van der Waals surface area contributed by atoms with Crippen molar-refractivity contribution in [1.82, 2.24) is 19.7 Å². The number of amides is 2. The molecule has 1 aliphatic carbocycles. The number of hydrogen-bond acceptors (Lipinski definition) is 6. The number of fused-ring (bicyclic) bond motifs is 1. The summed E-state index contributed by atoms with van der Waals surface area (Å²) in [5.41, 5.74) is 2.28. The zero-order valence-electron chi connectivity index (χ0n) is 16.4. The summed E-state index contributed by atoms with van der Waals surface area (Å²) in [6, 6.07) is 11.5. The molecule has 3 aromatic rings. The van der Waals surface area contributed by atoms with Crippen LogP contribution in [0.4, 0.5) is 11.4 Å². The molecule has 0 radical (unpaired) electrons. The van der Waals surface area contributed by atoms with E-state index in [0.717, 1.165) is 24.2 Å². The maximum atomic E-state index is 13.2. The van der Waals surface area contributed by atoms with Crippen LogP contribution in [0.15, 0.2) is 53.9 Å². The van der Waals surface area contributed by atoms with Crippen LogP contribution in [-0.4, -0.2) is 43.4 Å². The summed E-state index contributed by atoms with van der Waals surface area (Å²) in [7, 11) is 0. The molecular formula is C21H20N6O2S. The van der Waals surface area contributed by atoms with Gasteiger partial charge in [0.25, 0.3) is 0 Å². The summed E-state index contributed by atoms with van der Waals surface area (Å²) in [5.74, 6) is 0.449. The minimum absolute atomic E-state index is 0.0109. The van der Waals surface area contributed by atoms with Crippen LogP contribution in [0.2, 0.25) is 0 Å². The Morgan fingerprint density at radius 3 is 2.80 bits per heavy atom. The van der Waals surface area contributed by atoms with Gasteiger partial charge < -0.3 is 5.32 Å². The predicted molar refractivity (Wildman–Crippen MR) is 114 cm³/mol. The molecule has 152 valence electrons. The molecule has 0 bridgehead atoms. The van der Waals surface area contributed by atoms with Crippen molar-refractivity contribution in [3.05, 3.63) is 48.8 Å². The number of anilines is 2. The first-order valence-electron chi connectivity index (χ1n) is 9.84. The summed E-state index contributed by atoms with van der Waals surface area (Å²) in [5, 5.41) is 11.9. The molecule has 0 saturated heterocycles. The fourth-order valence-corrected chi connectivity index (χ4v) is 4.55. The molecule has 2 aliphatic rings. The molecule has 30 heavy (non-hydrogen) atoms. The molecule has 1 saturated carbocycles. The summed E-state index contributed by atoms with van der Waals surface area (Å²) >= 11 is 1.38. The number of aromatic nitrogens is 4. The van der Waals surface area contributed by atoms with Crippen LogP contribution in [0, 0.1) is 0 Å². The van der Waals surface area contributed by atoms with E-state index in [0.29, 0.717) is 22.6 Å². The molecule has 1 aliphatic heterocycles. The Balaban J connectivity index is 1.41. The summed E-state index contributed by atoms with van der Waals surface area (Å²) in [6.07, 6.45) is 5.64. The van der Waals surface area contributed by atoms with E-state index in [1.54, 1.807) is 23.4 Å². The smallest absolute Gasteiger partial charge is 0.244 e. The van der Waals surface area contributed by atoms with E-state index in [1.165, 1.54) is 11.8 Å². The first-order chi connectivity index (χ1) is 14.6. The van der Waals surface area contributed by atoms with Gasteiger partial charge in [-0.15, -0.1) is 10.2 Å². The maximum Gasteiger partial charge on any atom is 0.244 e. The van der Waals surface area contributed by atoms with E-state index in [1.807, 2.05) is 37.3 Å². The third kappa shape index (κ3) is 3.45. The van der Waals surface area contributed by atoms with Crippen LogP contribution in [0.1, 0.15) is 25.8 Å². The zero-order chi connectivity index (χ0) is 20.7. The Morgan fingerprint density at radius 2 is 2.03 bits per heavy atom. The monoisotopic (exact) mass is 420 g/mol. The molecule has 1 aromatic carbocycles. The van der Waals surface area contributed by atoms with E-state index in [-0.39, 0.29) is 18.4 Å². The van der Waals surface area contributed by atoms with E-state index >= 15 is 0 Å². The number of hydrogen-bond donors (Lipinski definition) is 1. The van der Waals surface area contributed by atoms with Crippen LogP contribution in [0.3, 0.4) is 0 Å². The van der Waals surface area contributed by atoms with Gasteiger partial charge in [-0.25, -0.2) is 0 Å². The van der Waals surface area contributed by atoms with Gasteiger partial charge in [0.2, 0.25) is 11.8 Å². The molecule has 3 heterocycles. The van der Waals surface area contributed by atoms with Gasteiger partial charge in [0.05, 0.1) is 16.6 Å². The Bertz CT molecular complexity index is 1110. The molecule has 5 rings (SSSR count). The topological polar surface area (TPSA) is 93.0 Å². The number of rotatable bonds is 5. The Labute approximate surface area is 177 Å². The van der Waals surface area contributed by atoms with Gasteiger partial charge in [-0.2, -0.15) is 0 Å². The average molecular weight is 420 g/mol. The first kappa shape index (κ1) is 18.8. The summed E-state index contributed by atoms with van der Waals surface area (Å²) in [4.78, 5) is 31.1. The molecule has 9 heteroatoms.